The van der Waals surface area contributed by atoms with E-state index in [0.29, 0.717) is 30.6 Å². The predicted molar refractivity (Wildman–Crippen MR) is 98.2 cm³/mol. The van der Waals surface area contributed by atoms with E-state index < -0.39 is 0 Å². The second-order valence-corrected chi connectivity index (χ2v) is 6.35. The van der Waals surface area contributed by atoms with Crippen LogP contribution in [0, 0.1) is 0 Å². The molecule has 0 saturated heterocycles. The lowest BCUT2D eigenvalue weighted by molar-refractivity contribution is 0.0927. The molecular formula is C21H25NO3. The Morgan fingerprint density at radius 1 is 0.880 bits per heavy atom. The van der Waals surface area contributed by atoms with Crippen LogP contribution in [0.2, 0.25) is 0 Å². The Morgan fingerprint density at radius 3 is 2.32 bits per heavy atom. The van der Waals surface area contributed by atoms with Crippen molar-refractivity contribution in [1.82, 2.24) is 5.32 Å². The number of carbonyl (C=O) groups is 1. The van der Waals surface area contributed by atoms with E-state index in [-0.39, 0.29) is 5.91 Å². The third kappa shape index (κ3) is 5.52. The van der Waals surface area contributed by atoms with Gasteiger partial charge in [-0.25, -0.2) is 0 Å². The zero-order valence-electron chi connectivity index (χ0n) is 14.4. The summed E-state index contributed by atoms with van der Waals surface area (Å²) in [4.78, 5) is 12.4. The maximum absolute atomic E-state index is 12.4. The van der Waals surface area contributed by atoms with Gasteiger partial charge in [-0.2, -0.15) is 0 Å². The average Bonchev–Trinajstić information content (AvgIpc) is 2.67. The molecule has 0 unspecified atom stereocenters. The summed E-state index contributed by atoms with van der Waals surface area (Å²) in [5.41, 5.74) is 0.645. The molecular weight excluding hydrogens is 314 g/mol. The first-order valence-corrected chi connectivity index (χ1v) is 9.03. The standard InChI is InChI=1S/C21H25NO3/c23-21(22-18-9-3-1-4-10-18)17-8-7-13-20(16-17)25-15-14-24-19-11-5-2-6-12-19/h2,5-8,11-13,16,18H,1,3-4,9-10,14-15H2,(H,22,23). The predicted octanol–water partition coefficient (Wildman–Crippen LogP) is 4.21. The molecule has 0 heterocycles. The number of hydrogen-bond acceptors (Lipinski definition) is 3. The van der Waals surface area contributed by atoms with Crippen LogP contribution in [-0.4, -0.2) is 25.2 Å². The van der Waals surface area contributed by atoms with Crippen molar-refractivity contribution in [3.05, 3.63) is 60.2 Å². The molecule has 132 valence electrons. The smallest absolute Gasteiger partial charge is 0.251 e. The van der Waals surface area contributed by atoms with E-state index in [2.05, 4.69) is 5.32 Å². The van der Waals surface area contributed by atoms with Crippen LogP contribution in [0.4, 0.5) is 0 Å². The molecule has 1 N–H and O–H groups in total. The van der Waals surface area contributed by atoms with Crippen LogP contribution in [0.1, 0.15) is 42.5 Å². The van der Waals surface area contributed by atoms with Crippen molar-refractivity contribution < 1.29 is 14.3 Å². The second kappa shape index (κ2) is 9.11. The third-order valence-electron chi connectivity index (χ3n) is 4.40. The van der Waals surface area contributed by atoms with Gasteiger partial charge in [0.1, 0.15) is 24.7 Å². The molecule has 0 radical (unpaired) electrons. The van der Waals surface area contributed by atoms with Crippen LogP contribution in [-0.2, 0) is 0 Å². The van der Waals surface area contributed by atoms with Gasteiger partial charge in [-0.1, -0.05) is 43.5 Å². The summed E-state index contributed by atoms with van der Waals surface area (Å²) >= 11 is 0. The van der Waals surface area contributed by atoms with Crippen LogP contribution >= 0.6 is 0 Å². The van der Waals surface area contributed by atoms with E-state index in [1.807, 2.05) is 48.5 Å². The number of hydrogen-bond donors (Lipinski definition) is 1. The molecule has 0 bridgehead atoms. The lowest BCUT2D eigenvalue weighted by Crippen LogP contribution is -2.36. The molecule has 25 heavy (non-hydrogen) atoms. The highest BCUT2D eigenvalue weighted by Gasteiger charge is 2.16. The third-order valence-corrected chi connectivity index (χ3v) is 4.40. The molecule has 1 saturated carbocycles. The van der Waals surface area contributed by atoms with Gasteiger partial charge < -0.3 is 14.8 Å². The summed E-state index contributed by atoms with van der Waals surface area (Å²) < 4.78 is 11.3. The van der Waals surface area contributed by atoms with Gasteiger partial charge in [0.25, 0.3) is 5.91 Å². The number of benzene rings is 2. The molecule has 0 aromatic heterocycles. The van der Waals surface area contributed by atoms with Crippen molar-refractivity contribution >= 4 is 5.91 Å². The van der Waals surface area contributed by atoms with Crippen molar-refractivity contribution in [3.63, 3.8) is 0 Å². The van der Waals surface area contributed by atoms with Crippen molar-refractivity contribution in [1.29, 1.82) is 0 Å². The summed E-state index contributed by atoms with van der Waals surface area (Å²) in [5.74, 6) is 1.50. The Morgan fingerprint density at radius 2 is 1.56 bits per heavy atom. The minimum absolute atomic E-state index is 0.0158. The maximum Gasteiger partial charge on any atom is 0.251 e. The molecule has 1 amide bonds. The van der Waals surface area contributed by atoms with Crippen molar-refractivity contribution in [3.8, 4) is 11.5 Å². The first-order valence-electron chi connectivity index (χ1n) is 9.03. The van der Waals surface area contributed by atoms with Crippen LogP contribution < -0.4 is 14.8 Å². The van der Waals surface area contributed by atoms with Crippen molar-refractivity contribution in [2.24, 2.45) is 0 Å². The van der Waals surface area contributed by atoms with E-state index in [0.717, 1.165) is 18.6 Å². The highest BCUT2D eigenvalue weighted by Crippen LogP contribution is 2.19. The number of para-hydroxylation sites is 1. The Hall–Kier alpha value is -2.49. The lowest BCUT2D eigenvalue weighted by atomic mass is 9.95. The summed E-state index contributed by atoms with van der Waals surface area (Å²) in [6.45, 7) is 0.894. The van der Waals surface area contributed by atoms with E-state index in [1.165, 1.54) is 19.3 Å². The largest absolute Gasteiger partial charge is 0.490 e. The Labute approximate surface area is 149 Å². The van der Waals surface area contributed by atoms with Gasteiger partial charge >= 0.3 is 0 Å². The Kier molecular flexibility index (Phi) is 6.32. The SMILES string of the molecule is O=C(NC1CCCCC1)c1cccc(OCCOc2ccccc2)c1. The fraction of sp³-hybridized carbons (Fsp3) is 0.381. The van der Waals surface area contributed by atoms with Gasteiger partial charge in [0, 0.05) is 11.6 Å². The summed E-state index contributed by atoms with van der Waals surface area (Å²) in [6.07, 6.45) is 5.85. The highest BCUT2D eigenvalue weighted by molar-refractivity contribution is 5.94. The Bertz CT molecular complexity index is 666. The fourth-order valence-electron chi connectivity index (χ4n) is 3.08. The van der Waals surface area contributed by atoms with Gasteiger partial charge in [-0.3, -0.25) is 4.79 Å². The molecule has 1 fully saturated rings. The van der Waals surface area contributed by atoms with Gasteiger partial charge in [0.05, 0.1) is 0 Å². The van der Waals surface area contributed by atoms with Crippen molar-refractivity contribution in [2.75, 3.05) is 13.2 Å². The van der Waals surface area contributed by atoms with E-state index in [9.17, 15) is 4.79 Å². The molecule has 1 aliphatic rings. The van der Waals surface area contributed by atoms with Crippen LogP contribution in [0.25, 0.3) is 0 Å². The molecule has 3 rings (SSSR count). The van der Waals surface area contributed by atoms with Crippen molar-refractivity contribution in [2.45, 2.75) is 38.1 Å². The summed E-state index contributed by atoms with van der Waals surface area (Å²) in [7, 11) is 0. The minimum Gasteiger partial charge on any atom is -0.490 e. The maximum atomic E-state index is 12.4. The van der Waals surface area contributed by atoms with Gasteiger partial charge in [-0.05, 0) is 43.2 Å². The Balaban J connectivity index is 1.46. The molecule has 2 aromatic carbocycles. The quantitative estimate of drug-likeness (QED) is 0.769. The van der Waals surface area contributed by atoms with Crippen LogP contribution in [0.3, 0.4) is 0 Å². The number of ether oxygens (including phenoxy) is 2. The first kappa shape index (κ1) is 17.3. The van der Waals surface area contributed by atoms with Gasteiger partial charge in [0.2, 0.25) is 0 Å². The number of carbonyl (C=O) groups excluding carboxylic acids is 1. The van der Waals surface area contributed by atoms with E-state index in [4.69, 9.17) is 9.47 Å². The zero-order chi connectivity index (χ0) is 17.3. The molecule has 0 spiro atoms. The van der Waals surface area contributed by atoms with E-state index in [1.54, 1.807) is 6.07 Å². The molecule has 4 heteroatoms. The van der Waals surface area contributed by atoms with Crippen LogP contribution in [0.5, 0.6) is 11.5 Å². The summed E-state index contributed by atoms with van der Waals surface area (Å²) in [5, 5.41) is 3.13. The average molecular weight is 339 g/mol. The van der Waals surface area contributed by atoms with Crippen LogP contribution in [0.15, 0.2) is 54.6 Å². The number of amides is 1. The van der Waals surface area contributed by atoms with Gasteiger partial charge in [-0.15, -0.1) is 0 Å². The first-order chi connectivity index (χ1) is 12.3. The minimum atomic E-state index is -0.0158. The molecule has 2 aromatic rings. The molecule has 1 aliphatic carbocycles. The number of rotatable bonds is 7. The summed E-state index contributed by atoms with van der Waals surface area (Å²) in [6, 6.07) is 17.3. The zero-order valence-corrected chi connectivity index (χ0v) is 14.4. The normalized spacial score (nSPS) is 14.7. The van der Waals surface area contributed by atoms with Gasteiger partial charge in [0.15, 0.2) is 0 Å². The topological polar surface area (TPSA) is 47.6 Å². The lowest BCUT2D eigenvalue weighted by Gasteiger charge is -2.22. The number of nitrogens with one attached hydrogen (secondary N) is 1. The molecule has 0 atom stereocenters. The highest BCUT2D eigenvalue weighted by atomic mass is 16.5. The monoisotopic (exact) mass is 339 g/mol. The molecule has 4 nitrogen and oxygen atoms in total. The second-order valence-electron chi connectivity index (χ2n) is 6.35. The molecule has 0 aliphatic heterocycles. The van der Waals surface area contributed by atoms with E-state index >= 15 is 0 Å². The fourth-order valence-corrected chi connectivity index (χ4v) is 3.08.